The van der Waals surface area contributed by atoms with E-state index in [0.717, 1.165) is 5.56 Å². The highest BCUT2D eigenvalue weighted by Gasteiger charge is 2.15. The topological polar surface area (TPSA) is 100 Å². The standard InChI is InChI=1S/C23H29N3O4/c1-23(2,3)30-22(29)9-6-16-24-21(28)15-12-17-10-13-18(14-11-17)25-26-19-7-4-5-8-20(19)27/h4-5,7-8,10-11,13-14,27H,6,9,12,15-16H2,1-3H3,(H,24,28). The van der Waals surface area contributed by atoms with Gasteiger partial charge in [0.1, 0.15) is 17.0 Å². The monoisotopic (exact) mass is 411 g/mol. The number of aryl methyl sites for hydroxylation is 1. The maximum absolute atomic E-state index is 12.0. The number of amides is 1. The van der Waals surface area contributed by atoms with Crippen molar-refractivity contribution >= 4 is 23.3 Å². The van der Waals surface area contributed by atoms with E-state index in [1.54, 1.807) is 24.3 Å². The van der Waals surface area contributed by atoms with Crippen LogP contribution < -0.4 is 5.32 Å². The number of phenolic OH excluding ortho intramolecular Hbond substituents is 1. The lowest BCUT2D eigenvalue weighted by molar-refractivity contribution is -0.155. The van der Waals surface area contributed by atoms with E-state index in [0.29, 0.717) is 37.2 Å². The molecule has 0 radical (unpaired) electrons. The van der Waals surface area contributed by atoms with Gasteiger partial charge in [-0.2, -0.15) is 5.11 Å². The van der Waals surface area contributed by atoms with Crippen LogP contribution in [0.1, 0.15) is 45.6 Å². The minimum atomic E-state index is -0.486. The first-order valence-electron chi connectivity index (χ1n) is 10.0. The van der Waals surface area contributed by atoms with Gasteiger partial charge in [0.25, 0.3) is 0 Å². The fourth-order valence-corrected chi connectivity index (χ4v) is 2.59. The Morgan fingerprint density at radius 3 is 2.37 bits per heavy atom. The summed E-state index contributed by atoms with van der Waals surface area (Å²) < 4.78 is 5.23. The van der Waals surface area contributed by atoms with E-state index in [-0.39, 0.29) is 24.0 Å². The van der Waals surface area contributed by atoms with Gasteiger partial charge < -0.3 is 15.2 Å². The van der Waals surface area contributed by atoms with Crippen molar-refractivity contribution < 1.29 is 19.4 Å². The van der Waals surface area contributed by atoms with E-state index in [2.05, 4.69) is 15.5 Å². The van der Waals surface area contributed by atoms with Crippen molar-refractivity contribution in [1.29, 1.82) is 0 Å². The molecule has 2 rings (SSSR count). The average Bonchev–Trinajstić information content (AvgIpc) is 2.68. The second-order valence-corrected chi connectivity index (χ2v) is 7.90. The van der Waals surface area contributed by atoms with Crippen LogP contribution in [0.15, 0.2) is 58.8 Å². The van der Waals surface area contributed by atoms with Crippen LogP contribution in [0.2, 0.25) is 0 Å². The summed E-state index contributed by atoms with van der Waals surface area (Å²) in [5.41, 5.74) is 1.60. The first-order valence-corrected chi connectivity index (χ1v) is 10.0. The van der Waals surface area contributed by atoms with Gasteiger partial charge in [0.15, 0.2) is 0 Å². The lowest BCUT2D eigenvalue weighted by atomic mass is 10.1. The van der Waals surface area contributed by atoms with E-state index in [1.165, 1.54) is 0 Å². The molecule has 0 fully saturated rings. The molecule has 2 N–H and O–H groups in total. The van der Waals surface area contributed by atoms with Gasteiger partial charge in [0.05, 0.1) is 5.69 Å². The van der Waals surface area contributed by atoms with Crippen molar-refractivity contribution in [2.45, 2.75) is 52.1 Å². The van der Waals surface area contributed by atoms with Crippen molar-refractivity contribution in [3.05, 3.63) is 54.1 Å². The summed E-state index contributed by atoms with van der Waals surface area (Å²) in [4.78, 5) is 23.6. The number of phenols is 1. The Bertz CT molecular complexity index is 871. The summed E-state index contributed by atoms with van der Waals surface area (Å²) in [7, 11) is 0. The van der Waals surface area contributed by atoms with Crippen LogP contribution >= 0.6 is 0 Å². The predicted octanol–water partition coefficient (Wildman–Crippen LogP) is 4.98. The Kier molecular flexibility index (Phi) is 8.53. The lowest BCUT2D eigenvalue weighted by Gasteiger charge is -2.19. The molecular weight excluding hydrogens is 382 g/mol. The summed E-state index contributed by atoms with van der Waals surface area (Å²) in [5, 5.41) is 20.7. The smallest absolute Gasteiger partial charge is 0.306 e. The first kappa shape index (κ1) is 23.1. The molecule has 0 aromatic heterocycles. The highest BCUT2D eigenvalue weighted by molar-refractivity contribution is 5.76. The number of azo groups is 1. The molecule has 0 saturated heterocycles. The number of hydrogen-bond acceptors (Lipinski definition) is 6. The largest absolute Gasteiger partial charge is 0.506 e. The summed E-state index contributed by atoms with van der Waals surface area (Å²) in [6.45, 7) is 5.94. The highest BCUT2D eigenvalue weighted by Crippen LogP contribution is 2.27. The van der Waals surface area contributed by atoms with E-state index in [4.69, 9.17) is 4.74 Å². The number of para-hydroxylation sites is 1. The van der Waals surface area contributed by atoms with Crippen LogP contribution in [0.25, 0.3) is 0 Å². The Morgan fingerprint density at radius 1 is 1.00 bits per heavy atom. The Morgan fingerprint density at radius 2 is 1.70 bits per heavy atom. The van der Waals surface area contributed by atoms with Crippen molar-refractivity contribution in [2.75, 3.05) is 6.54 Å². The molecule has 0 aliphatic heterocycles. The summed E-state index contributed by atoms with van der Waals surface area (Å²) in [5.74, 6) is -0.228. The molecule has 0 aliphatic carbocycles. The number of rotatable bonds is 9. The molecular formula is C23H29N3O4. The van der Waals surface area contributed by atoms with E-state index in [1.807, 2.05) is 45.0 Å². The minimum absolute atomic E-state index is 0.0532. The van der Waals surface area contributed by atoms with Crippen molar-refractivity contribution in [1.82, 2.24) is 5.32 Å². The maximum Gasteiger partial charge on any atom is 0.306 e. The average molecular weight is 412 g/mol. The number of benzene rings is 2. The molecule has 0 heterocycles. The van der Waals surface area contributed by atoms with Crippen molar-refractivity contribution in [3.8, 4) is 5.75 Å². The zero-order valence-corrected chi connectivity index (χ0v) is 17.7. The summed E-state index contributed by atoms with van der Waals surface area (Å²) in [6.07, 6.45) is 1.81. The van der Waals surface area contributed by atoms with Gasteiger partial charge in [-0.05, 0) is 63.4 Å². The van der Waals surface area contributed by atoms with E-state index < -0.39 is 5.60 Å². The van der Waals surface area contributed by atoms with Gasteiger partial charge in [-0.3, -0.25) is 9.59 Å². The molecule has 2 aromatic rings. The first-order chi connectivity index (χ1) is 14.2. The van der Waals surface area contributed by atoms with Gasteiger partial charge in [0.2, 0.25) is 5.91 Å². The van der Waals surface area contributed by atoms with Gasteiger partial charge in [0, 0.05) is 19.4 Å². The summed E-state index contributed by atoms with van der Waals surface area (Å²) >= 11 is 0. The SMILES string of the molecule is CC(C)(C)OC(=O)CCCNC(=O)CCc1ccc(N=Nc2ccccc2O)cc1. The molecule has 0 spiro atoms. The van der Waals surface area contributed by atoms with Crippen LogP contribution in [-0.4, -0.2) is 29.1 Å². The third kappa shape index (κ3) is 8.86. The predicted molar refractivity (Wildman–Crippen MR) is 115 cm³/mol. The number of carbonyl (C=O) groups excluding carboxylic acids is 2. The second-order valence-electron chi connectivity index (χ2n) is 7.90. The van der Waals surface area contributed by atoms with Gasteiger partial charge in [-0.1, -0.05) is 24.3 Å². The zero-order valence-electron chi connectivity index (χ0n) is 17.7. The normalized spacial score (nSPS) is 11.4. The molecule has 7 heteroatoms. The third-order valence-corrected chi connectivity index (χ3v) is 4.03. The molecule has 0 saturated carbocycles. The lowest BCUT2D eigenvalue weighted by Crippen LogP contribution is -2.27. The number of nitrogens with one attached hydrogen (secondary N) is 1. The molecule has 160 valence electrons. The quantitative estimate of drug-likeness (QED) is 0.345. The second kappa shape index (κ2) is 11.1. The molecule has 1 amide bonds. The van der Waals surface area contributed by atoms with Gasteiger partial charge in [-0.25, -0.2) is 0 Å². The van der Waals surface area contributed by atoms with Crippen LogP contribution in [0, 0.1) is 0 Å². The number of nitrogens with zero attached hydrogens (tertiary/aromatic N) is 2. The fraction of sp³-hybridized carbons (Fsp3) is 0.391. The number of esters is 1. The van der Waals surface area contributed by atoms with Crippen molar-refractivity contribution in [2.24, 2.45) is 10.2 Å². The highest BCUT2D eigenvalue weighted by atomic mass is 16.6. The van der Waals surface area contributed by atoms with Gasteiger partial charge >= 0.3 is 5.97 Å². The number of aromatic hydroxyl groups is 1. The van der Waals surface area contributed by atoms with Crippen LogP contribution in [0.5, 0.6) is 5.75 Å². The number of hydrogen-bond donors (Lipinski definition) is 2. The molecule has 30 heavy (non-hydrogen) atoms. The maximum atomic E-state index is 12.0. The Labute approximate surface area is 177 Å². The van der Waals surface area contributed by atoms with E-state index >= 15 is 0 Å². The van der Waals surface area contributed by atoms with Crippen LogP contribution in [0.3, 0.4) is 0 Å². The summed E-state index contributed by atoms with van der Waals surface area (Å²) in [6, 6.07) is 14.2. The zero-order chi connectivity index (χ0) is 22.0. The molecule has 0 atom stereocenters. The third-order valence-electron chi connectivity index (χ3n) is 4.03. The minimum Gasteiger partial charge on any atom is -0.506 e. The molecule has 7 nitrogen and oxygen atoms in total. The van der Waals surface area contributed by atoms with Gasteiger partial charge in [-0.15, -0.1) is 5.11 Å². The van der Waals surface area contributed by atoms with Crippen LogP contribution in [-0.2, 0) is 20.7 Å². The number of ether oxygens (including phenoxy) is 1. The van der Waals surface area contributed by atoms with Crippen LogP contribution in [0.4, 0.5) is 11.4 Å². The fourth-order valence-electron chi connectivity index (χ4n) is 2.59. The Balaban J connectivity index is 1.69. The molecule has 0 bridgehead atoms. The molecule has 2 aromatic carbocycles. The Hall–Kier alpha value is -3.22. The molecule has 0 aliphatic rings. The number of carbonyl (C=O) groups is 2. The molecule has 0 unspecified atom stereocenters. The van der Waals surface area contributed by atoms with E-state index in [9.17, 15) is 14.7 Å². The van der Waals surface area contributed by atoms with Crippen molar-refractivity contribution in [3.63, 3.8) is 0 Å².